The number of rotatable bonds is 7. The van der Waals surface area contributed by atoms with Crippen molar-refractivity contribution in [2.45, 2.75) is 26.2 Å². The highest BCUT2D eigenvalue weighted by Crippen LogP contribution is 2.22. The topological polar surface area (TPSA) is 29.3 Å². The van der Waals surface area contributed by atoms with E-state index in [9.17, 15) is 4.39 Å². The number of nitrogens with two attached hydrogens (primary N) is 1. The molecule has 2 aromatic rings. The van der Waals surface area contributed by atoms with Crippen LogP contribution >= 0.6 is 0 Å². The van der Waals surface area contributed by atoms with Crippen molar-refractivity contribution < 1.29 is 4.39 Å². The molecular weight excluding hydrogens is 275 g/mol. The smallest absolute Gasteiger partial charge is 0.123 e. The number of anilines is 1. The Balaban J connectivity index is 2.09. The first-order chi connectivity index (χ1) is 10.7. The van der Waals surface area contributed by atoms with Crippen molar-refractivity contribution in [3.63, 3.8) is 0 Å². The summed E-state index contributed by atoms with van der Waals surface area (Å²) >= 11 is 0. The second-order valence-electron chi connectivity index (χ2n) is 5.53. The van der Waals surface area contributed by atoms with E-state index < -0.39 is 0 Å². The molecule has 2 N–H and O–H groups in total. The van der Waals surface area contributed by atoms with Crippen LogP contribution in [0.4, 0.5) is 10.1 Å². The average Bonchev–Trinajstić information content (AvgIpc) is 2.56. The summed E-state index contributed by atoms with van der Waals surface area (Å²) in [5.74, 6) is 0.0167. The van der Waals surface area contributed by atoms with Gasteiger partial charge in [-0.05, 0) is 62.2 Å². The van der Waals surface area contributed by atoms with Crippen LogP contribution < -0.4 is 10.6 Å². The van der Waals surface area contributed by atoms with Crippen LogP contribution in [0.2, 0.25) is 0 Å². The van der Waals surface area contributed by atoms with Crippen LogP contribution in [-0.4, -0.2) is 19.6 Å². The first-order valence-electron chi connectivity index (χ1n) is 7.97. The minimum Gasteiger partial charge on any atom is -0.372 e. The summed E-state index contributed by atoms with van der Waals surface area (Å²) in [6, 6.07) is 15.3. The minimum absolute atomic E-state index is 0.205. The highest BCUT2D eigenvalue weighted by atomic mass is 19.1. The molecule has 0 radical (unpaired) electrons. The predicted molar refractivity (Wildman–Crippen MR) is 91.9 cm³/mol. The van der Waals surface area contributed by atoms with Gasteiger partial charge in [-0.2, -0.15) is 0 Å². The largest absolute Gasteiger partial charge is 0.372 e. The molecule has 22 heavy (non-hydrogen) atoms. The molecule has 0 fully saturated rings. The zero-order valence-corrected chi connectivity index (χ0v) is 13.4. The molecule has 0 amide bonds. The second-order valence-corrected chi connectivity index (χ2v) is 5.53. The Labute approximate surface area is 132 Å². The van der Waals surface area contributed by atoms with Gasteiger partial charge in [0.25, 0.3) is 0 Å². The van der Waals surface area contributed by atoms with Crippen molar-refractivity contribution in [1.29, 1.82) is 0 Å². The maximum Gasteiger partial charge on any atom is 0.123 e. The Kier molecular flexibility index (Phi) is 5.96. The Morgan fingerprint density at radius 2 is 1.55 bits per heavy atom. The average molecular weight is 300 g/mol. The maximum atomic E-state index is 13.0. The zero-order chi connectivity index (χ0) is 15.9. The van der Waals surface area contributed by atoms with Crippen molar-refractivity contribution in [2.24, 2.45) is 5.73 Å². The summed E-state index contributed by atoms with van der Waals surface area (Å²) < 4.78 is 13.0. The molecule has 0 aromatic heterocycles. The number of nitrogens with zero attached hydrogens (tertiary/aromatic N) is 1. The summed E-state index contributed by atoms with van der Waals surface area (Å²) in [7, 11) is 0. The van der Waals surface area contributed by atoms with Gasteiger partial charge >= 0.3 is 0 Å². The first kappa shape index (κ1) is 16.5. The van der Waals surface area contributed by atoms with Gasteiger partial charge in [0, 0.05) is 24.7 Å². The zero-order valence-electron chi connectivity index (χ0n) is 13.4. The second kappa shape index (κ2) is 7.95. The van der Waals surface area contributed by atoms with Gasteiger partial charge < -0.3 is 10.6 Å². The molecule has 0 spiro atoms. The molecule has 118 valence electrons. The summed E-state index contributed by atoms with van der Waals surface area (Å²) in [6.45, 7) is 6.91. The van der Waals surface area contributed by atoms with E-state index >= 15 is 0 Å². The van der Waals surface area contributed by atoms with E-state index in [1.807, 2.05) is 12.1 Å². The SMILES string of the molecule is CCN(CC)c1ccc(CC(CN)c2ccc(F)cc2)cc1. The first-order valence-corrected chi connectivity index (χ1v) is 7.97. The molecule has 0 heterocycles. The lowest BCUT2D eigenvalue weighted by Crippen LogP contribution is -2.21. The van der Waals surface area contributed by atoms with E-state index in [1.165, 1.54) is 23.4 Å². The van der Waals surface area contributed by atoms with Gasteiger partial charge in [0.1, 0.15) is 5.82 Å². The van der Waals surface area contributed by atoms with E-state index in [0.29, 0.717) is 6.54 Å². The summed E-state index contributed by atoms with van der Waals surface area (Å²) in [4.78, 5) is 2.32. The molecule has 2 nitrogen and oxygen atoms in total. The van der Waals surface area contributed by atoms with Crippen LogP contribution in [0.5, 0.6) is 0 Å². The van der Waals surface area contributed by atoms with Crippen LogP contribution in [0.25, 0.3) is 0 Å². The van der Waals surface area contributed by atoms with Crippen LogP contribution in [0, 0.1) is 5.82 Å². The quantitative estimate of drug-likeness (QED) is 0.838. The number of halogens is 1. The molecular formula is C19H25FN2. The van der Waals surface area contributed by atoms with Crippen LogP contribution in [-0.2, 0) is 6.42 Å². The summed E-state index contributed by atoms with van der Waals surface area (Å²) in [5.41, 5.74) is 9.51. The normalized spacial score (nSPS) is 12.2. The molecule has 0 aliphatic rings. The van der Waals surface area contributed by atoms with E-state index in [0.717, 1.165) is 25.1 Å². The van der Waals surface area contributed by atoms with Gasteiger partial charge in [-0.15, -0.1) is 0 Å². The van der Waals surface area contributed by atoms with Gasteiger partial charge in [0.15, 0.2) is 0 Å². The molecule has 0 aliphatic heterocycles. The van der Waals surface area contributed by atoms with Crippen molar-refractivity contribution >= 4 is 5.69 Å². The Morgan fingerprint density at radius 1 is 0.955 bits per heavy atom. The van der Waals surface area contributed by atoms with Gasteiger partial charge in [0.05, 0.1) is 0 Å². The van der Waals surface area contributed by atoms with Gasteiger partial charge in [-0.25, -0.2) is 4.39 Å². The molecule has 1 unspecified atom stereocenters. The van der Waals surface area contributed by atoms with E-state index in [1.54, 1.807) is 0 Å². The third-order valence-corrected chi connectivity index (χ3v) is 4.17. The number of hydrogen-bond acceptors (Lipinski definition) is 2. The summed E-state index contributed by atoms with van der Waals surface area (Å²) in [5, 5.41) is 0. The standard InChI is InChI=1S/C19H25FN2/c1-3-22(4-2)19-11-5-15(6-12-19)13-17(14-21)16-7-9-18(20)10-8-16/h5-12,17H,3-4,13-14,21H2,1-2H3. The molecule has 2 aromatic carbocycles. The van der Waals surface area contributed by atoms with Crippen molar-refractivity contribution in [1.82, 2.24) is 0 Å². The fourth-order valence-corrected chi connectivity index (χ4v) is 2.79. The van der Waals surface area contributed by atoms with E-state index in [2.05, 4.69) is 43.0 Å². The third kappa shape index (κ3) is 4.08. The van der Waals surface area contributed by atoms with Gasteiger partial charge in [-0.3, -0.25) is 0 Å². The van der Waals surface area contributed by atoms with Crippen molar-refractivity contribution in [3.8, 4) is 0 Å². The van der Waals surface area contributed by atoms with Gasteiger partial charge in [0.2, 0.25) is 0 Å². The van der Waals surface area contributed by atoms with Crippen molar-refractivity contribution in [2.75, 3.05) is 24.5 Å². The van der Waals surface area contributed by atoms with E-state index in [-0.39, 0.29) is 11.7 Å². The van der Waals surface area contributed by atoms with Crippen LogP contribution in [0.1, 0.15) is 30.9 Å². The van der Waals surface area contributed by atoms with Crippen LogP contribution in [0.3, 0.4) is 0 Å². The maximum absolute atomic E-state index is 13.0. The molecule has 0 bridgehead atoms. The number of hydrogen-bond donors (Lipinski definition) is 1. The van der Waals surface area contributed by atoms with Crippen molar-refractivity contribution in [3.05, 3.63) is 65.5 Å². The summed E-state index contributed by atoms with van der Waals surface area (Å²) in [6.07, 6.45) is 0.876. The molecule has 3 heteroatoms. The fourth-order valence-electron chi connectivity index (χ4n) is 2.79. The molecule has 2 rings (SSSR count). The highest BCUT2D eigenvalue weighted by Gasteiger charge is 2.11. The predicted octanol–water partition coefficient (Wildman–Crippen LogP) is 3.96. The lowest BCUT2D eigenvalue weighted by molar-refractivity contribution is 0.623. The lowest BCUT2D eigenvalue weighted by atomic mass is 9.92. The Bertz CT molecular complexity index is 559. The number of benzene rings is 2. The Morgan fingerprint density at radius 3 is 2.05 bits per heavy atom. The monoisotopic (exact) mass is 300 g/mol. The fraction of sp³-hybridized carbons (Fsp3) is 0.368. The Hall–Kier alpha value is -1.87. The van der Waals surface area contributed by atoms with Gasteiger partial charge in [-0.1, -0.05) is 24.3 Å². The highest BCUT2D eigenvalue weighted by molar-refractivity contribution is 5.47. The molecule has 1 atom stereocenters. The lowest BCUT2D eigenvalue weighted by Gasteiger charge is -2.21. The third-order valence-electron chi connectivity index (χ3n) is 4.17. The van der Waals surface area contributed by atoms with E-state index in [4.69, 9.17) is 5.73 Å². The van der Waals surface area contributed by atoms with Crippen LogP contribution in [0.15, 0.2) is 48.5 Å². The molecule has 0 aliphatic carbocycles. The minimum atomic E-state index is -0.205. The molecule has 0 saturated carbocycles. The molecule has 0 saturated heterocycles.